The number of nitrogens with zero attached hydrogens (tertiary/aromatic N) is 2. The number of ether oxygens (including phenoxy) is 1. The van der Waals surface area contributed by atoms with Gasteiger partial charge in [-0.1, -0.05) is 56.3 Å². The number of aromatic nitrogens is 1. The number of amides is 2. The fourth-order valence-electron chi connectivity index (χ4n) is 5.84. The van der Waals surface area contributed by atoms with E-state index in [1.165, 1.54) is 17.9 Å². The molecule has 1 saturated heterocycles. The maximum atomic E-state index is 14.5. The molecule has 3 N–H and O–H groups in total. The number of halogens is 3. The van der Waals surface area contributed by atoms with Gasteiger partial charge in [0.25, 0.3) is 5.91 Å². The lowest BCUT2D eigenvalue weighted by atomic mass is 9.64. The van der Waals surface area contributed by atoms with Crippen LogP contribution in [-0.4, -0.2) is 64.0 Å². The molecule has 0 radical (unpaired) electrons. The molecular formula is C31H34BrF2N3O7. The average molecular weight is 679 g/mol. The third-order valence-corrected chi connectivity index (χ3v) is 8.56. The van der Waals surface area contributed by atoms with Gasteiger partial charge in [0.05, 0.1) is 16.4 Å². The highest BCUT2D eigenvalue weighted by Crippen LogP contribution is 2.53. The highest BCUT2D eigenvalue weighted by molar-refractivity contribution is 9.10. The number of aliphatic hydroxyl groups is 1. The van der Waals surface area contributed by atoms with Gasteiger partial charge >= 0.3 is 12.1 Å². The van der Waals surface area contributed by atoms with E-state index in [9.17, 15) is 33.4 Å². The lowest BCUT2D eigenvalue weighted by molar-refractivity contribution is -0.146. The first-order chi connectivity index (χ1) is 20.6. The molecule has 0 bridgehead atoms. The fourth-order valence-corrected chi connectivity index (χ4v) is 6.45. The van der Waals surface area contributed by atoms with Crippen molar-refractivity contribution < 1.29 is 42.6 Å². The maximum Gasteiger partial charge on any atom is 0.407 e. The van der Waals surface area contributed by atoms with Crippen LogP contribution in [-0.2, 0) is 26.3 Å². The minimum absolute atomic E-state index is 0.0579. The quantitative estimate of drug-likeness (QED) is 0.270. The Labute approximate surface area is 261 Å². The molecular weight excluding hydrogens is 644 g/mol. The molecule has 1 aliphatic heterocycles. The number of carbonyl (C=O) groups excluding carboxylic acids is 2. The molecule has 0 spiro atoms. The third kappa shape index (κ3) is 6.78. The summed E-state index contributed by atoms with van der Waals surface area (Å²) in [4.78, 5) is 36.6. The van der Waals surface area contributed by atoms with Crippen molar-refractivity contribution in [1.29, 1.82) is 0 Å². The number of piperidine rings is 1. The van der Waals surface area contributed by atoms with Gasteiger partial charge in [-0.2, -0.15) is 0 Å². The molecule has 0 aliphatic carbocycles. The van der Waals surface area contributed by atoms with Crippen LogP contribution in [0.3, 0.4) is 0 Å². The van der Waals surface area contributed by atoms with Crippen LogP contribution in [0.4, 0.5) is 13.6 Å². The zero-order valence-electron chi connectivity index (χ0n) is 24.7. The second kappa shape index (κ2) is 13.0. The molecule has 3 aromatic rings. The van der Waals surface area contributed by atoms with Crippen LogP contribution in [0, 0.1) is 17.0 Å². The number of carboxylic acid groups (broad SMARTS) is 1. The highest BCUT2D eigenvalue weighted by Gasteiger charge is 2.56. The normalized spacial score (nSPS) is 20.3. The Morgan fingerprint density at radius 1 is 1.18 bits per heavy atom. The number of rotatable bonds is 8. The van der Waals surface area contributed by atoms with Gasteiger partial charge in [0.15, 0.2) is 24.0 Å². The van der Waals surface area contributed by atoms with Crippen LogP contribution in [0.5, 0.6) is 0 Å². The first kappa shape index (κ1) is 33.1. The number of benzene rings is 2. The Bertz CT molecular complexity index is 1560. The summed E-state index contributed by atoms with van der Waals surface area (Å²) < 4.78 is 39.3. The molecule has 10 nitrogen and oxygen atoms in total. The molecule has 13 heteroatoms. The fraction of sp³-hybridized carbons (Fsp3) is 0.419. The van der Waals surface area contributed by atoms with E-state index in [1.807, 2.05) is 32.9 Å². The first-order valence-corrected chi connectivity index (χ1v) is 14.7. The van der Waals surface area contributed by atoms with E-state index in [-0.39, 0.29) is 30.8 Å². The minimum Gasteiger partial charge on any atom is -0.465 e. The lowest BCUT2D eigenvalue weighted by Crippen LogP contribution is -2.60. The molecule has 236 valence electrons. The summed E-state index contributed by atoms with van der Waals surface area (Å²) in [6.45, 7) is 6.48. The van der Waals surface area contributed by atoms with E-state index in [1.54, 1.807) is 12.1 Å². The van der Waals surface area contributed by atoms with Crippen molar-refractivity contribution in [2.45, 2.75) is 58.1 Å². The average Bonchev–Trinajstić information content (AvgIpc) is 3.33. The Balaban J connectivity index is 1.77. The number of esters is 1. The largest absolute Gasteiger partial charge is 0.465 e. The number of hydrogen-bond donors (Lipinski definition) is 3. The van der Waals surface area contributed by atoms with Crippen molar-refractivity contribution in [3.05, 3.63) is 75.4 Å². The number of hydrogen-bond acceptors (Lipinski definition) is 7. The Morgan fingerprint density at radius 2 is 1.89 bits per heavy atom. The molecule has 4 rings (SSSR count). The molecule has 0 saturated carbocycles. The molecule has 3 atom stereocenters. The Hall–Kier alpha value is -3.84. The van der Waals surface area contributed by atoms with Gasteiger partial charge in [-0.15, -0.1) is 0 Å². The zero-order valence-corrected chi connectivity index (χ0v) is 26.3. The summed E-state index contributed by atoms with van der Waals surface area (Å²) in [6, 6.07) is 9.52. The predicted octanol–water partition coefficient (Wildman–Crippen LogP) is 5.37. The standard InChI is InChI=1S/C31H34BrF2N3O7/c1-17(38)43-16-23(39)35-13-11-18-7-5-6-8-20(18)27-25(32)26(36-44-27)24-28(30(2,3)4)37(29(40)41)14-12-31(24,42)19-9-10-21(33)22(34)15-19/h5-10,15,24,28,42H,11-14,16H2,1-4H3,(H,35,39)(H,40,41)/t24-,28?,31-/m0/s1. The van der Waals surface area contributed by atoms with Crippen molar-refractivity contribution in [3.8, 4) is 11.3 Å². The summed E-state index contributed by atoms with van der Waals surface area (Å²) in [5.74, 6) is -3.99. The first-order valence-electron chi connectivity index (χ1n) is 14.0. The summed E-state index contributed by atoms with van der Waals surface area (Å²) in [7, 11) is 0. The predicted molar refractivity (Wildman–Crippen MR) is 159 cm³/mol. The zero-order chi connectivity index (χ0) is 32.4. The van der Waals surface area contributed by atoms with E-state index in [4.69, 9.17) is 9.26 Å². The van der Waals surface area contributed by atoms with Crippen LogP contribution in [0.15, 0.2) is 51.5 Å². The molecule has 1 fully saturated rings. The third-order valence-electron chi connectivity index (χ3n) is 7.79. The molecule has 2 heterocycles. The summed E-state index contributed by atoms with van der Waals surface area (Å²) in [6.07, 6.45) is -0.924. The molecule has 1 unspecified atom stereocenters. The van der Waals surface area contributed by atoms with E-state index >= 15 is 0 Å². The van der Waals surface area contributed by atoms with E-state index in [0.29, 0.717) is 22.2 Å². The number of likely N-dealkylation sites (tertiary alicyclic amines) is 1. The maximum absolute atomic E-state index is 14.5. The van der Waals surface area contributed by atoms with Crippen LogP contribution >= 0.6 is 15.9 Å². The van der Waals surface area contributed by atoms with Gasteiger partial charge < -0.3 is 29.7 Å². The minimum atomic E-state index is -1.85. The molecule has 44 heavy (non-hydrogen) atoms. The van der Waals surface area contributed by atoms with E-state index in [2.05, 4.69) is 26.4 Å². The molecule has 2 aromatic carbocycles. The topological polar surface area (TPSA) is 142 Å². The Kier molecular flexibility index (Phi) is 9.79. The number of nitrogens with one attached hydrogen (secondary N) is 1. The van der Waals surface area contributed by atoms with Gasteiger partial charge in [0.2, 0.25) is 0 Å². The van der Waals surface area contributed by atoms with Crippen molar-refractivity contribution in [2.75, 3.05) is 19.7 Å². The SMILES string of the molecule is CC(=O)OCC(=O)NCCc1ccccc1-c1onc([C@H]2C(C(C)(C)C)N(C(=O)O)CC[C@]2(O)c2ccc(F)c(F)c2)c1Br. The van der Waals surface area contributed by atoms with Crippen LogP contribution in [0.1, 0.15) is 56.9 Å². The van der Waals surface area contributed by atoms with Gasteiger partial charge in [0, 0.05) is 25.6 Å². The summed E-state index contributed by atoms with van der Waals surface area (Å²) in [5.41, 5.74) is -0.883. The van der Waals surface area contributed by atoms with Gasteiger partial charge in [-0.25, -0.2) is 13.6 Å². The van der Waals surface area contributed by atoms with Crippen molar-refractivity contribution in [3.63, 3.8) is 0 Å². The van der Waals surface area contributed by atoms with Gasteiger partial charge in [0.1, 0.15) is 11.3 Å². The van der Waals surface area contributed by atoms with Crippen LogP contribution in [0.25, 0.3) is 11.3 Å². The molecule has 2 amide bonds. The Morgan fingerprint density at radius 3 is 2.52 bits per heavy atom. The molecule has 1 aromatic heterocycles. The number of carbonyl (C=O) groups is 3. The second-order valence-electron chi connectivity index (χ2n) is 11.8. The van der Waals surface area contributed by atoms with E-state index < -0.39 is 59.2 Å². The van der Waals surface area contributed by atoms with Crippen molar-refractivity contribution in [2.24, 2.45) is 5.41 Å². The lowest BCUT2D eigenvalue weighted by Gasteiger charge is -2.53. The van der Waals surface area contributed by atoms with Crippen molar-refractivity contribution >= 4 is 33.9 Å². The van der Waals surface area contributed by atoms with Crippen molar-refractivity contribution in [1.82, 2.24) is 15.4 Å². The van der Waals surface area contributed by atoms with E-state index in [0.717, 1.165) is 17.7 Å². The second-order valence-corrected chi connectivity index (χ2v) is 12.6. The van der Waals surface area contributed by atoms with Gasteiger partial charge in [-0.05, 0) is 57.4 Å². The van der Waals surface area contributed by atoms with Crippen LogP contribution in [0.2, 0.25) is 0 Å². The van der Waals surface area contributed by atoms with Gasteiger partial charge in [-0.3, -0.25) is 9.59 Å². The monoisotopic (exact) mass is 677 g/mol. The molecule has 1 aliphatic rings. The summed E-state index contributed by atoms with van der Waals surface area (Å²) in [5, 5.41) is 29.5. The highest BCUT2D eigenvalue weighted by atomic mass is 79.9. The van der Waals surface area contributed by atoms with Crippen LogP contribution < -0.4 is 5.32 Å². The smallest absolute Gasteiger partial charge is 0.407 e. The summed E-state index contributed by atoms with van der Waals surface area (Å²) >= 11 is 3.60.